The van der Waals surface area contributed by atoms with Crippen molar-refractivity contribution >= 4 is 23.0 Å². The molecule has 0 saturated carbocycles. The van der Waals surface area contributed by atoms with Crippen LogP contribution in [0, 0.1) is 17.0 Å². The average Bonchev–Trinajstić information content (AvgIpc) is 2.46. The number of nitro benzene ring substituents is 1. The maximum Gasteiger partial charge on any atom is 0.342 e. The Morgan fingerprint density at radius 3 is 2.24 bits per heavy atom. The first-order valence-electron chi connectivity index (χ1n) is 6.22. The Morgan fingerprint density at radius 1 is 1.14 bits per heavy atom. The number of nitrogens with zero attached hydrogens (tertiary/aromatic N) is 2. The van der Waals surface area contributed by atoms with Gasteiger partial charge in [-0.2, -0.15) is 0 Å². The van der Waals surface area contributed by atoms with Crippen LogP contribution in [0.5, 0.6) is 0 Å². The van der Waals surface area contributed by atoms with Gasteiger partial charge in [-0.25, -0.2) is 4.79 Å². The minimum absolute atomic E-state index is 0.323. The highest BCUT2D eigenvalue weighted by molar-refractivity contribution is 5.94. The van der Waals surface area contributed by atoms with Crippen molar-refractivity contribution in [2.75, 3.05) is 11.9 Å². The molecule has 21 heavy (non-hydrogen) atoms. The molecule has 0 radical (unpaired) electrons. The lowest BCUT2D eigenvalue weighted by Gasteiger charge is -2.20. The number of benzene rings is 2. The van der Waals surface area contributed by atoms with Crippen LogP contribution in [0.2, 0.25) is 0 Å². The van der Waals surface area contributed by atoms with E-state index < -0.39 is 16.6 Å². The Kier molecular flexibility index (Phi) is 3.89. The summed E-state index contributed by atoms with van der Waals surface area (Å²) in [5.74, 6) is -1.32. The zero-order chi connectivity index (χ0) is 15.6. The molecular weight excluding hydrogens is 272 g/mol. The van der Waals surface area contributed by atoms with Crippen LogP contribution < -0.4 is 4.90 Å². The van der Waals surface area contributed by atoms with Crippen molar-refractivity contribution in [2.45, 2.75) is 6.92 Å². The van der Waals surface area contributed by atoms with E-state index in [9.17, 15) is 14.9 Å². The molecule has 2 rings (SSSR count). The average molecular weight is 286 g/mol. The molecule has 0 fully saturated rings. The molecule has 0 heterocycles. The number of carbonyl (C=O) groups is 1. The second-order valence-electron chi connectivity index (χ2n) is 4.66. The number of carboxylic acids is 1. The number of carboxylic acid groups (broad SMARTS) is 1. The summed E-state index contributed by atoms with van der Waals surface area (Å²) in [6.45, 7) is 1.97. The quantitative estimate of drug-likeness (QED) is 0.688. The Morgan fingerprint density at radius 2 is 1.71 bits per heavy atom. The largest absolute Gasteiger partial charge is 0.477 e. The molecule has 1 N–H and O–H groups in total. The van der Waals surface area contributed by atoms with Gasteiger partial charge in [0.25, 0.3) is 5.69 Å². The maximum absolute atomic E-state index is 11.2. The lowest BCUT2D eigenvalue weighted by molar-refractivity contribution is -0.385. The molecule has 0 aliphatic rings. The lowest BCUT2D eigenvalue weighted by atomic mass is 10.1. The second kappa shape index (κ2) is 5.62. The molecule has 0 amide bonds. The van der Waals surface area contributed by atoms with Gasteiger partial charge in [-0.15, -0.1) is 0 Å². The van der Waals surface area contributed by atoms with E-state index in [2.05, 4.69) is 0 Å². The molecule has 0 unspecified atom stereocenters. The van der Waals surface area contributed by atoms with Gasteiger partial charge in [-0.05, 0) is 31.2 Å². The van der Waals surface area contributed by atoms with Crippen LogP contribution in [0.15, 0.2) is 42.5 Å². The Bertz CT molecular complexity index is 695. The topological polar surface area (TPSA) is 83.7 Å². The van der Waals surface area contributed by atoms with Crippen LogP contribution in [0.25, 0.3) is 0 Å². The summed E-state index contributed by atoms with van der Waals surface area (Å²) in [7, 11) is 1.78. The van der Waals surface area contributed by atoms with Crippen LogP contribution in [-0.2, 0) is 0 Å². The smallest absolute Gasteiger partial charge is 0.342 e. The van der Waals surface area contributed by atoms with Gasteiger partial charge in [0.05, 0.1) is 4.92 Å². The summed E-state index contributed by atoms with van der Waals surface area (Å²) < 4.78 is 0. The monoisotopic (exact) mass is 286 g/mol. The van der Waals surface area contributed by atoms with E-state index in [4.69, 9.17) is 5.11 Å². The molecule has 2 aromatic rings. The van der Waals surface area contributed by atoms with E-state index in [0.717, 1.165) is 11.3 Å². The second-order valence-corrected chi connectivity index (χ2v) is 4.66. The maximum atomic E-state index is 11.2. The molecule has 0 aromatic heterocycles. The van der Waals surface area contributed by atoms with Crippen LogP contribution in [0.4, 0.5) is 17.1 Å². The van der Waals surface area contributed by atoms with Crippen molar-refractivity contribution in [3.8, 4) is 0 Å². The molecule has 0 spiro atoms. The molecule has 0 aliphatic carbocycles. The highest BCUT2D eigenvalue weighted by Crippen LogP contribution is 2.29. The van der Waals surface area contributed by atoms with Gasteiger partial charge in [0.1, 0.15) is 5.56 Å². The van der Waals surface area contributed by atoms with Gasteiger partial charge in [-0.3, -0.25) is 10.1 Å². The number of hydrogen-bond acceptors (Lipinski definition) is 4. The summed E-state index contributed by atoms with van der Waals surface area (Å²) in [6, 6.07) is 11.7. The summed E-state index contributed by atoms with van der Waals surface area (Å²) in [5.41, 5.74) is 1.81. The van der Waals surface area contributed by atoms with Crippen LogP contribution in [0.3, 0.4) is 0 Å². The van der Waals surface area contributed by atoms with E-state index in [0.29, 0.717) is 5.69 Å². The van der Waals surface area contributed by atoms with Crippen LogP contribution >= 0.6 is 0 Å². The first kappa shape index (κ1) is 14.5. The van der Waals surface area contributed by atoms with Crippen molar-refractivity contribution < 1.29 is 14.8 Å². The fraction of sp³-hybridized carbons (Fsp3) is 0.133. The number of aromatic carboxylic acids is 1. The van der Waals surface area contributed by atoms with Crippen molar-refractivity contribution in [2.24, 2.45) is 0 Å². The predicted molar refractivity (Wildman–Crippen MR) is 79.3 cm³/mol. The number of anilines is 2. The molecule has 0 aliphatic heterocycles. The fourth-order valence-electron chi connectivity index (χ4n) is 1.98. The lowest BCUT2D eigenvalue weighted by Crippen LogP contribution is -2.11. The molecule has 6 nitrogen and oxygen atoms in total. The van der Waals surface area contributed by atoms with Gasteiger partial charge in [0, 0.05) is 24.5 Å². The van der Waals surface area contributed by atoms with Crippen molar-refractivity contribution in [3.05, 3.63) is 63.7 Å². The molecule has 2 aromatic carbocycles. The van der Waals surface area contributed by atoms with Gasteiger partial charge >= 0.3 is 5.97 Å². The van der Waals surface area contributed by atoms with Crippen molar-refractivity contribution in [3.63, 3.8) is 0 Å². The van der Waals surface area contributed by atoms with Crippen molar-refractivity contribution in [1.82, 2.24) is 0 Å². The molecule has 108 valence electrons. The third-order valence-electron chi connectivity index (χ3n) is 3.22. The third kappa shape index (κ3) is 3.00. The Hall–Kier alpha value is -2.89. The van der Waals surface area contributed by atoms with E-state index >= 15 is 0 Å². The van der Waals surface area contributed by atoms with E-state index in [1.165, 1.54) is 18.2 Å². The summed E-state index contributed by atoms with van der Waals surface area (Å²) in [4.78, 5) is 23.1. The van der Waals surface area contributed by atoms with Gasteiger partial charge < -0.3 is 10.0 Å². The minimum Gasteiger partial charge on any atom is -0.477 e. The van der Waals surface area contributed by atoms with Crippen LogP contribution in [-0.4, -0.2) is 23.0 Å². The Balaban J connectivity index is 2.44. The SMILES string of the molecule is Cc1ccc(N(C)c2ccc([N+](=O)[O-])c(C(=O)O)c2)cc1. The summed E-state index contributed by atoms with van der Waals surface area (Å²) in [5, 5.41) is 19.9. The molecule has 0 bridgehead atoms. The predicted octanol–water partition coefficient (Wildman–Crippen LogP) is 3.37. The number of aryl methyl sites for hydroxylation is 1. The highest BCUT2D eigenvalue weighted by Gasteiger charge is 2.21. The minimum atomic E-state index is -1.32. The number of hydrogen-bond donors (Lipinski definition) is 1. The van der Waals surface area contributed by atoms with E-state index in [-0.39, 0.29) is 5.56 Å². The molecule has 0 atom stereocenters. The van der Waals surface area contributed by atoms with Gasteiger partial charge in [0.15, 0.2) is 0 Å². The summed E-state index contributed by atoms with van der Waals surface area (Å²) >= 11 is 0. The first-order chi connectivity index (χ1) is 9.90. The van der Waals surface area contributed by atoms with E-state index in [1.54, 1.807) is 11.9 Å². The first-order valence-corrected chi connectivity index (χ1v) is 6.22. The molecule has 0 saturated heterocycles. The highest BCUT2D eigenvalue weighted by atomic mass is 16.6. The van der Waals surface area contributed by atoms with Gasteiger partial charge in [-0.1, -0.05) is 17.7 Å². The van der Waals surface area contributed by atoms with E-state index in [1.807, 2.05) is 31.2 Å². The standard InChI is InChI=1S/C15H14N2O4/c1-10-3-5-11(6-4-10)16(2)12-7-8-14(17(20)21)13(9-12)15(18)19/h3-9H,1-2H3,(H,18,19). The van der Waals surface area contributed by atoms with Crippen molar-refractivity contribution in [1.29, 1.82) is 0 Å². The number of rotatable bonds is 4. The molecular formula is C15H14N2O4. The van der Waals surface area contributed by atoms with Crippen LogP contribution in [0.1, 0.15) is 15.9 Å². The number of nitro groups is 1. The van der Waals surface area contributed by atoms with Gasteiger partial charge in [0.2, 0.25) is 0 Å². The normalized spacial score (nSPS) is 10.2. The third-order valence-corrected chi connectivity index (χ3v) is 3.22. The Labute approximate surface area is 121 Å². The fourth-order valence-corrected chi connectivity index (χ4v) is 1.98. The summed E-state index contributed by atoms with van der Waals surface area (Å²) in [6.07, 6.45) is 0. The zero-order valence-corrected chi connectivity index (χ0v) is 11.6. The zero-order valence-electron chi connectivity index (χ0n) is 11.6. The molecule has 6 heteroatoms.